The molecule has 0 spiro atoms. The van der Waals surface area contributed by atoms with Gasteiger partial charge in [-0.3, -0.25) is 9.48 Å². The fraction of sp³-hybridized carbons (Fsp3) is 0.429. The van der Waals surface area contributed by atoms with Crippen molar-refractivity contribution in [3.63, 3.8) is 0 Å². The van der Waals surface area contributed by atoms with Crippen LogP contribution in [-0.2, 0) is 16.0 Å². The monoisotopic (exact) mass is 471 g/mol. The molecule has 0 saturated carbocycles. The number of hydrogen-bond donors (Lipinski definition) is 1. The number of carbonyl (C=O) groups is 1. The number of rotatable bonds is 5. The molecule has 35 heavy (non-hydrogen) atoms. The smallest absolute Gasteiger partial charge is 0.306 e. The maximum atomic E-state index is 12.5. The molecule has 1 unspecified atom stereocenters. The summed E-state index contributed by atoms with van der Waals surface area (Å²) >= 11 is 0. The summed E-state index contributed by atoms with van der Waals surface area (Å²) < 4.78 is 7.51. The van der Waals surface area contributed by atoms with E-state index in [4.69, 9.17) is 9.72 Å². The van der Waals surface area contributed by atoms with Crippen molar-refractivity contribution in [3.05, 3.63) is 54.0 Å². The molecule has 1 atom stereocenters. The number of nitrogens with one attached hydrogen (secondary N) is 1. The van der Waals surface area contributed by atoms with Crippen molar-refractivity contribution >= 4 is 17.1 Å². The largest absolute Gasteiger partial charge is 0.460 e. The van der Waals surface area contributed by atoms with E-state index in [-0.39, 0.29) is 17.9 Å². The highest BCUT2D eigenvalue weighted by molar-refractivity contribution is 5.91. The Morgan fingerprint density at radius 3 is 2.80 bits per heavy atom. The zero-order chi connectivity index (χ0) is 24.7. The lowest BCUT2D eigenvalue weighted by atomic mass is 9.80. The predicted molar refractivity (Wildman–Crippen MR) is 137 cm³/mol. The highest BCUT2D eigenvalue weighted by atomic mass is 16.6. The maximum Gasteiger partial charge on any atom is 0.306 e. The van der Waals surface area contributed by atoms with E-state index in [0.29, 0.717) is 12.1 Å². The van der Waals surface area contributed by atoms with Crippen molar-refractivity contribution in [2.24, 2.45) is 0 Å². The van der Waals surface area contributed by atoms with Gasteiger partial charge in [0.15, 0.2) is 5.65 Å². The number of aryl methyl sites for hydroxylation is 1. The Bertz CT molecular complexity index is 1380. The molecular weight excluding hydrogens is 438 g/mol. The molecule has 0 fully saturated rings. The number of aromatic nitrogens is 5. The average molecular weight is 472 g/mol. The van der Waals surface area contributed by atoms with Crippen LogP contribution in [0, 0.1) is 0 Å². The number of aromatic amines is 1. The van der Waals surface area contributed by atoms with Crippen LogP contribution >= 0.6 is 0 Å². The minimum absolute atomic E-state index is 0.124. The van der Waals surface area contributed by atoms with Crippen LogP contribution in [0.2, 0.25) is 0 Å². The van der Waals surface area contributed by atoms with Gasteiger partial charge < -0.3 is 9.72 Å². The van der Waals surface area contributed by atoms with Gasteiger partial charge in [-0.2, -0.15) is 5.10 Å². The minimum Gasteiger partial charge on any atom is -0.460 e. The Kier molecular flexibility index (Phi) is 5.95. The van der Waals surface area contributed by atoms with Gasteiger partial charge in [-0.1, -0.05) is 18.2 Å². The van der Waals surface area contributed by atoms with Crippen LogP contribution in [0.5, 0.6) is 0 Å². The molecule has 7 heteroatoms. The zero-order valence-electron chi connectivity index (χ0n) is 21.1. The van der Waals surface area contributed by atoms with Crippen molar-refractivity contribution in [2.45, 2.75) is 77.9 Å². The molecule has 5 rings (SSSR count). The number of H-pyrrole nitrogens is 1. The first kappa shape index (κ1) is 23.3. The Balaban J connectivity index is 1.45. The number of pyridine rings is 1. The summed E-state index contributed by atoms with van der Waals surface area (Å²) in [7, 11) is 0. The summed E-state index contributed by atoms with van der Waals surface area (Å²) in [5.41, 5.74) is 6.87. The summed E-state index contributed by atoms with van der Waals surface area (Å²) in [6.07, 6.45) is 9.18. The van der Waals surface area contributed by atoms with Gasteiger partial charge in [-0.15, -0.1) is 0 Å². The molecular formula is C28H33N5O2. The average Bonchev–Trinajstić information content (AvgIpc) is 3.45. The van der Waals surface area contributed by atoms with Crippen LogP contribution < -0.4 is 0 Å². The normalized spacial score (nSPS) is 16.0. The van der Waals surface area contributed by atoms with Crippen LogP contribution in [0.25, 0.3) is 33.7 Å². The maximum absolute atomic E-state index is 12.5. The van der Waals surface area contributed by atoms with Gasteiger partial charge in [0.1, 0.15) is 11.4 Å². The second-order valence-corrected chi connectivity index (χ2v) is 10.7. The predicted octanol–water partition coefficient (Wildman–Crippen LogP) is 6.22. The van der Waals surface area contributed by atoms with Crippen LogP contribution in [0.1, 0.15) is 77.0 Å². The Morgan fingerprint density at radius 1 is 1.23 bits per heavy atom. The molecule has 0 saturated heterocycles. The van der Waals surface area contributed by atoms with E-state index in [9.17, 15) is 4.79 Å². The molecule has 182 valence electrons. The first-order valence-corrected chi connectivity index (χ1v) is 12.4. The first-order valence-electron chi connectivity index (χ1n) is 12.4. The van der Waals surface area contributed by atoms with E-state index >= 15 is 0 Å². The fourth-order valence-corrected chi connectivity index (χ4v) is 4.91. The summed E-state index contributed by atoms with van der Waals surface area (Å²) in [5, 5.41) is 4.44. The van der Waals surface area contributed by atoms with Crippen LogP contribution in [0.4, 0.5) is 0 Å². The fourth-order valence-electron chi connectivity index (χ4n) is 4.91. The zero-order valence-corrected chi connectivity index (χ0v) is 21.1. The molecule has 0 bridgehead atoms. The van der Waals surface area contributed by atoms with Crippen molar-refractivity contribution in [2.75, 3.05) is 0 Å². The molecule has 3 heterocycles. The van der Waals surface area contributed by atoms with Gasteiger partial charge in [-0.05, 0) is 82.6 Å². The third-order valence-electron chi connectivity index (χ3n) is 6.52. The lowest BCUT2D eigenvalue weighted by Crippen LogP contribution is -2.25. The highest BCUT2D eigenvalue weighted by Gasteiger charge is 2.26. The molecule has 0 radical (unpaired) electrons. The number of fused-ring (bicyclic) bond motifs is 2. The topological polar surface area (TPSA) is 85.7 Å². The summed E-state index contributed by atoms with van der Waals surface area (Å²) in [5.74, 6) is 0.847. The van der Waals surface area contributed by atoms with Crippen molar-refractivity contribution in [1.29, 1.82) is 0 Å². The molecule has 0 amide bonds. The second-order valence-electron chi connectivity index (χ2n) is 10.7. The van der Waals surface area contributed by atoms with E-state index in [2.05, 4.69) is 47.1 Å². The van der Waals surface area contributed by atoms with Crippen molar-refractivity contribution in [1.82, 2.24) is 24.7 Å². The van der Waals surface area contributed by atoms with Crippen molar-refractivity contribution in [3.8, 4) is 22.5 Å². The standard InChI is InChI=1S/C28H33N5O2/c1-17(2)33-16-21(15-30-33)26-31-25-23(11-12-29-27(25)32-26)20-9-10-22-18(13-20)7-6-8-19(22)14-24(34)35-28(3,4)5/h9-13,15-17,19H,6-8,14H2,1-5H3,(H,29,31,32). The number of esters is 1. The number of nitrogens with zero attached hydrogens (tertiary/aromatic N) is 4. The number of hydrogen-bond acceptors (Lipinski definition) is 5. The molecule has 7 nitrogen and oxygen atoms in total. The molecule has 0 aliphatic heterocycles. The highest BCUT2D eigenvalue weighted by Crippen LogP contribution is 2.38. The number of imidazole rings is 1. The van der Waals surface area contributed by atoms with E-state index in [0.717, 1.165) is 47.3 Å². The molecule has 4 aromatic rings. The summed E-state index contributed by atoms with van der Waals surface area (Å²) in [6, 6.07) is 8.93. The van der Waals surface area contributed by atoms with Gasteiger partial charge >= 0.3 is 5.97 Å². The van der Waals surface area contributed by atoms with E-state index in [1.165, 1.54) is 11.1 Å². The third kappa shape index (κ3) is 4.85. The molecule has 1 aliphatic carbocycles. The lowest BCUT2D eigenvalue weighted by molar-refractivity contribution is -0.155. The molecule has 1 aromatic carbocycles. The molecule has 1 N–H and O–H groups in total. The third-order valence-corrected chi connectivity index (χ3v) is 6.52. The van der Waals surface area contributed by atoms with E-state index in [1.807, 2.05) is 50.1 Å². The Hall–Kier alpha value is -3.48. The lowest BCUT2D eigenvalue weighted by Gasteiger charge is -2.27. The number of ether oxygens (including phenoxy) is 1. The van der Waals surface area contributed by atoms with E-state index < -0.39 is 5.60 Å². The van der Waals surface area contributed by atoms with Gasteiger partial charge in [0.2, 0.25) is 0 Å². The van der Waals surface area contributed by atoms with Crippen molar-refractivity contribution < 1.29 is 9.53 Å². The van der Waals surface area contributed by atoms with Crippen LogP contribution in [0.3, 0.4) is 0 Å². The van der Waals surface area contributed by atoms with E-state index in [1.54, 1.807) is 0 Å². The van der Waals surface area contributed by atoms with Gasteiger partial charge in [0.25, 0.3) is 0 Å². The number of benzene rings is 1. The Morgan fingerprint density at radius 2 is 2.06 bits per heavy atom. The van der Waals surface area contributed by atoms with Crippen LogP contribution in [0.15, 0.2) is 42.9 Å². The number of carbonyl (C=O) groups excluding carboxylic acids is 1. The summed E-state index contributed by atoms with van der Waals surface area (Å²) in [4.78, 5) is 25.2. The second kappa shape index (κ2) is 8.95. The molecule has 3 aromatic heterocycles. The first-order chi connectivity index (χ1) is 16.7. The Labute approximate surface area is 205 Å². The van der Waals surface area contributed by atoms with Crippen LogP contribution in [-0.4, -0.2) is 36.3 Å². The summed E-state index contributed by atoms with van der Waals surface area (Å²) in [6.45, 7) is 9.95. The quantitative estimate of drug-likeness (QED) is 0.349. The minimum atomic E-state index is -0.457. The van der Waals surface area contributed by atoms with Gasteiger partial charge in [-0.25, -0.2) is 9.97 Å². The van der Waals surface area contributed by atoms with Gasteiger partial charge in [0, 0.05) is 24.0 Å². The SMILES string of the molecule is CC(C)n1cc(-c2nc3nccc(-c4ccc5c(c4)CCCC5CC(=O)OC(C)(C)C)c3[nH]2)cn1. The van der Waals surface area contributed by atoms with Gasteiger partial charge in [0.05, 0.1) is 23.7 Å². The molecule has 1 aliphatic rings.